The van der Waals surface area contributed by atoms with E-state index in [4.69, 9.17) is 18.0 Å². The van der Waals surface area contributed by atoms with E-state index in [9.17, 15) is 9.59 Å². The molecule has 0 aromatic heterocycles. The first-order valence-electron chi connectivity index (χ1n) is 6.78. The second-order valence-electron chi connectivity index (χ2n) is 4.66. The summed E-state index contributed by atoms with van der Waals surface area (Å²) in [6, 6.07) is 0.160. The maximum Gasteiger partial charge on any atom is 0.229 e. The summed E-state index contributed by atoms with van der Waals surface area (Å²) >= 11 is 4.87. The molecule has 0 saturated heterocycles. The second kappa shape index (κ2) is 9.72. The minimum absolute atomic E-state index is 0.0583. The fourth-order valence-electron chi connectivity index (χ4n) is 1.56. The van der Waals surface area contributed by atoms with Gasteiger partial charge in [0, 0.05) is 19.0 Å². The Morgan fingerprint density at radius 2 is 1.95 bits per heavy atom. The summed E-state index contributed by atoms with van der Waals surface area (Å²) in [7, 11) is 0. The van der Waals surface area contributed by atoms with Crippen LogP contribution in [0.2, 0.25) is 0 Å². The zero-order valence-corrected chi connectivity index (χ0v) is 12.8. The summed E-state index contributed by atoms with van der Waals surface area (Å²) in [5.74, 6) is -0.680. The normalized spacial score (nSPS) is 13.4. The zero-order valence-electron chi connectivity index (χ0n) is 12.0. The van der Waals surface area contributed by atoms with Crippen molar-refractivity contribution in [3.05, 3.63) is 0 Å². The van der Waals surface area contributed by atoms with E-state index in [1.807, 2.05) is 20.8 Å². The van der Waals surface area contributed by atoms with E-state index in [1.165, 1.54) is 0 Å². The predicted octanol–water partition coefficient (Wildman–Crippen LogP) is 1.11. The van der Waals surface area contributed by atoms with Crippen LogP contribution in [0, 0.1) is 5.92 Å². The Labute approximate surface area is 120 Å². The van der Waals surface area contributed by atoms with Gasteiger partial charge in [-0.3, -0.25) is 9.59 Å². The van der Waals surface area contributed by atoms with Gasteiger partial charge in [-0.2, -0.15) is 0 Å². The largest absolute Gasteiger partial charge is 0.393 e. The zero-order chi connectivity index (χ0) is 14.8. The molecule has 0 aromatic rings. The number of carbonyl (C=O) groups excluding carboxylic acids is 2. The Hall–Kier alpha value is -1.17. The van der Waals surface area contributed by atoms with Crippen LogP contribution < -0.4 is 16.4 Å². The molecule has 0 aliphatic rings. The van der Waals surface area contributed by atoms with Gasteiger partial charge in [0.2, 0.25) is 11.8 Å². The maximum absolute atomic E-state index is 11.8. The van der Waals surface area contributed by atoms with Crippen LogP contribution >= 0.6 is 12.2 Å². The fourth-order valence-corrected chi connectivity index (χ4v) is 1.79. The number of hydrogen-bond donors (Lipinski definition) is 3. The van der Waals surface area contributed by atoms with E-state index in [2.05, 4.69) is 10.6 Å². The number of carbonyl (C=O) groups is 2. The first kappa shape index (κ1) is 17.8. The molecule has 0 saturated carbocycles. The molecule has 0 aliphatic carbocycles. The first-order valence-corrected chi connectivity index (χ1v) is 7.19. The van der Waals surface area contributed by atoms with Crippen LogP contribution in [0.4, 0.5) is 0 Å². The molecule has 110 valence electrons. The molecule has 6 heteroatoms. The van der Waals surface area contributed by atoms with Crippen LogP contribution in [0.25, 0.3) is 0 Å². The SMILES string of the molecule is CCCC(C(=O)NCCC(=O)NC(C)CC)C(N)=S. The van der Waals surface area contributed by atoms with Gasteiger partial charge in [-0.1, -0.05) is 32.5 Å². The smallest absolute Gasteiger partial charge is 0.229 e. The second-order valence-corrected chi connectivity index (χ2v) is 5.13. The van der Waals surface area contributed by atoms with E-state index < -0.39 is 5.92 Å². The molecule has 19 heavy (non-hydrogen) atoms. The minimum Gasteiger partial charge on any atom is -0.393 e. The quantitative estimate of drug-likeness (QED) is 0.555. The third kappa shape index (κ3) is 7.77. The molecule has 2 atom stereocenters. The van der Waals surface area contributed by atoms with Gasteiger partial charge in [0.25, 0.3) is 0 Å². The Bertz CT molecular complexity index is 321. The van der Waals surface area contributed by atoms with E-state index in [-0.39, 0.29) is 29.3 Å². The average Bonchev–Trinajstić information content (AvgIpc) is 2.34. The number of amides is 2. The average molecular weight is 287 g/mol. The van der Waals surface area contributed by atoms with Crippen LogP contribution in [-0.4, -0.2) is 29.4 Å². The van der Waals surface area contributed by atoms with Gasteiger partial charge in [0.15, 0.2) is 0 Å². The van der Waals surface area contributed by atoms with Gasteiger partial charge in [0.05, 0.1) is 10.9 Å². The third-order valence-corrected chi connectivity index (χ3v) is 3.19. The summed E-state index contributed by atoms with van der Waals surface area (Å²) in [4.78, 5) is 23.5. The maximum atomic E-state index is 11.8. The number of nitrogens with two attached hydrogens (primary N) is 1. The molecule has 0 aromatic carbocycles. The van der Waals surface area contributed by atoms with Crippen LogP contribution in [-0.2, 0) is 9.59 Å². The van der Waals surface area contributed by atoms with Crippen LogP contribution in [0.5, 0.6) is 0 Å². The molecule has 4 N–H and O–H groups in total. The van der Waals surface area contributed by atoms with Crippen molar-refractivity contribution in [1.29, 1.82) is 0 Å². The van der Waals surface area contributed by atoms with Crippen LogP contribution in [0.15, 0.2) is 0 Å². The molecule has 0 bridgehead atoms. The Morgan fingerprint density at radius 3 is 2.42 bits per heavy atom. The fraction of sp³-hybridized carbons (Fsp3) is 0.769. The van der Waals surface area contributed by atoms with Gasteiger partial charge in [0.1, 0.15) is 0 Å². The molecule has 0 heterocycles. The Morgan fingerprint density at radius 1 is 1.32 bits per heavy atom. The molecule has 0 rings (SSSR count). The highest BCUT2D eigenvalue weighted by Crippen LogP contribution is 2.06. The molecule has 5 nitrogen and oxygen atoms in total. The van der Waals surface area contributed by atoms with Crippen molar-refractivity contribution in [1.82, 2.24) is 10.6 Å². The predicted molar refractivity (Wildman–Crippen MR) is 80.7 cm³/mol. The van der Waals surface area contributed by atoms with Gasteiger partial charge in [-0.25, -0.2) is 0 Å². The van der Waals surface area contributed by atoms with Gasteiger partial charge in [-0.05, 0) is 19.8 Å². The van der Waals surface area contributed by atoms with Crippen LogP contribution in [0.1, 0.15) is 46.5 Å². The molecular formula is C13H25N3O2S. The summed E-state index contributed by atoms with van der Waals surface area (Å²) in [6.45, 7) is 6.23. The molecule has 0 aliphatic heterocycles. The van der Waals surface area contributed by atoms with Crippen LogP contribution in [0.3, 0.4) is 0 Å². The Kier molecular flexibility index (Phi) is 9.12. The minimum atomic E-state index is -0.433. The van der Waals surface area contributed by atoms with Gasteiger partial charge >= 0.3 is 0 Å². The summed E-state index contributed by atoms with van der Waals surface area (Å²) in [5, 5.41) is 5.54. The topological polar surface area (TPSA) is 84.2 Å². The monoisotopic (exact) mass is 287 g/mol. The highest BCUT2D eigenvalue weighted by Gasteiger charge is 2.20. The van der Waals surface area contributed by atoms with Crippen molar-refractivity contribution in [2.75, 3.05) is 6.54 Å². The van der Waals surface area contributed by atoms with Gasteiger partial charge < -0.3 is 16.4 Å². The number of thiocarbonyl (C=S) groups is 1. The summed E-state index contributed by atoms with van der Waals surface area (Å²) < 4.78 is 0. The number of hydrogen-bond acceptors (Lipinski definition) is 3. The lowest BCUT2D eigenvalue weighted by Crippen LogP contribution is -2.40. The van der Waals surface area contributed by atoms with Gasteiger partial charge in [-0.15, -0.1) is 0 Å². The highest BCUT2D eigenvalue weighted by molar-refractivity contribution is 7.80. The standard InChI is InChI=1S/C13H25N3O2S/c1-4-6-10(12(14)19)13(18)15-8-7-11(17)16-9(3)5-2/h9-10H,4-8H2,1-3H3,(H2,14,19)(H,15,18)(H,16,17). The first-order chi connectivity index (χ1) is 8.92. The van der Waals surface area contributed by atoms with E-state index in [0.29, 0.717) is 13.0 Å². The van der Waals surface area contributed by atoms with E-state index in [0.717, 1.165) is 12.8 Å². The highest BCUT2D eigenvalue weighted by atomic mass is 32.1. The number of nitrogens with one attached hydrogen (secondary N) is 2. The van der Waals surface area contributed by atoms with Crippen molar-refractivity contribution in [3.8, 4) is 0 Å². The molecule has 0 radical (unpaired) electrons. The lowest BCUT2D eigenvalue weighted by molar-refractivity contribution is -0.123. The molecule has 2 unspecified atom stereocenters. The third-order valence-electron chi connectivity index (χ3n) is 2.91. The summed E-state index contributed by atoms with van der Waals surface area (Å²) in [5.41, 5.74) is 5.53. The lowest BCUT2D eigenvalue weighted by Gasteiger charge is -2.15. The lowest BCUT2D eigenvalue weighted by atomic mass is 10.0. The van der Waals surface area contributed by atoms with E-state index >= 15 is 0 Å². The van der Waals surface area contributed by atoms with Crippen molar-refractivity contribution < 1.29 is 9.59 Å². The molecule has 2 amide bonds. The van der Waals surface area contributed by atoms with E-state index in [1.54, 1.807) is 0 Å². The van der Waals surface area contributed by atoms with Crippen molar-refractivity contribution in [3.63, 3.8) is 0 Å². The Balaban J connectivity index is 4.02. The van der Waals surface area contributed by atoms with Crippen molar-refractivity contribution >= 4 is 29.0 Å². The number of rotatable bonds is 9. The van der Waals surface area contributed by atoms with Crippen molar-refractivity contribution in [2.24, 2.45) is 11.7 Å². The molecule has 0 spiro atoms. The van der Waals surface area contributed by atoms with Crippen molar-refractivity contribution in [2.45, 2.75) is 52.5 Å². The molecular weight excluding hydrogens is 262 g/mol. The summed E-state index contributed by atoms with van der Waals surface area (Å²) in [6.07, 6.45) is 2.63. The molecule has 0 fully saturated rings.